The lowest BCUT2D eigenvalue weighted by atomic mass is 9.72. The lowest BCUT2D eigenvalue weighted by Crippen LogP contribution is -2.60. The molecule has 0 radical (unpaired) electrons. The number of phenols is 1. The van der Waals surface area contributed by atoms with E-state index in [0.717, 1.165) is 30.7 Å². The highest BCUT2D eigenvalue weighted by Gasteiger charge is 2.41. The van der Waals surface area contributed by atoms with Gasteiger partial charge in [0.2, 0.25) is 5.91 Å². The van der Waals surface area contributed by atoms with Crippen LogP contribution in [-0.4, -0.2) is 69.5 Å². The van der Waals surface area contributed by atoms with Gasteiger partial charge in [0.15, 0.2) is 0 Å². The predicted molar refractivity (Wildman–Crippen MR) is 161 cm³/mol. The first kappa shape index (κ1) is 30.4. The minimum Gasteiger partial charge on any atom is -0.508 e. The van der Waals surface area contributed by atoms with Crippen LogP contribution in [0, 0.1) is 18.8 Å². The molecule has 2 amide bonds. The fourth-order valence-corrected chi connectivity index (χ4v) is 7.09. The number of likely N-dealkylation sites (tertiary alicyclic amines) is 1. The Morgan fingerprint density at radius 2 is 1.75 bits per heavy atom. The van der Waals surface area contributed by atoms with Gasteiger partial charge in [0.1, 0.15) is 5.75 Å². The fraction of sp³-hybridized carbons (Fsp3) is 0.562. The molecule has 1 saturated carbocycles. The van der Waals surface area contributed by atoms with E-state index >= 15 is 0 Å². The van der Waals surface area contributed by atoms with E-state index in [9.17, 15) is 19.8 Å². The number of aliphatic hydroxyl groups is 1. The Labute approximate surface area is 243 Å². The molecule has 0 spiro atoms. The van der Waals surface area contributed by atoms with Crippen molar-refractivity contribution in [3.63, 3.8) is 0 Å². The average Bonchev–Trinajstić information content (AvgIpc) is 2.91. The maximum atomic E-state index is 13.5. The van der Waals surface area contributed by atoms with Crippen molar-refractivity contribution in [2.75, 3.05) is 18.8 Å². The first-order valence-corrected chi connectivity index (χ1v) is 15.5. The van der Waals surface area contributed by atoms with E-state index < -0.39 is 12.1 Å². The molecular formula is C32H45N3O4S. The van der Waals surface area contributed by atoms with Crippen LogP contribution in [0.15, 0.2) is 53.4 Å². The number of amides is 2. The third kappa shape index (κ3) is 8.02. The molecule has 3 unspecified atom stereocenters. The Morgan fingerprint density at radius 1 is 1.05 bits per heavy atom. The van der Waals surface area contributed by atoms with Gasteiger partial charge in [0, 0.05) is 40.4 Å². The first-order valence-electron chi connectivity index (χ1n) is 14.5. The molecular weight excluding hydrogens is 522 g/mol. The molecule has 2 aliphatic rings. The lowest BCUT2D eigenvalue weighted by Gasteiger charge is -2.47. The average molecular weight is 568 g/mol. The third-order valence-electron chi connectivity index (χ3n) is 8.23. The normalized spacial score (nSPS) is 23.1. The van der Waals surface area contributed by atoms with Gasteiger partial charge in [-0.1, -0.05) is 43.5 Å². The zero-order valence-corrected chi connectivity index (χ0v) is 25.0. The van der Waals surface area contributed by atoms with Crippen LogP contribution in [0.3, 0.4) is 0 Å². The Hall–Kier alpha value is -2.55. The number of β-amino-alcohol motifs (C(OH)–C–C–N with tert-alkyl or cyclic N) is 1. The molecule has 2 fully saturated rings. The standard InChI is InChI=1S/C32H45N3O4S/c1-21-25(15-10-16-28(21)36)30(38)33-26(20-40-24-13-6-5-7-14-24)29(37)19-35-18-23-12-9-8-11-22(23)17-27(35)31(39)34-32(2,3)4/h5-7,10,13-16,22-23,26-27,29,36-37H,8-9,11-12,17-20H2,1-4H3,(H,33,38)(H,34,39)/t22-,23-,26?,27?,29?/m1/s1. The summed E-state index contributed by atoms with van der Waals surface area (Å²) in [6, 6.07) is 13.9. The van der Waals surface area contributed by atoms with Crippen molar-refractivity contribution in [3.05, 3.63) is 59.7 Å². The van der Waals surface area contributed by atoms with Crippen molar-refractivity contribution < 1.29 is 19.8 Å². The summed E-state index contributed by atoms with van der Waals surface area (Å²) < 4.78 is 0. The number of aliphatic hydroxyl groups excluding tert-OH is 1. The Balaban J connectivity index is 1.54. The Morgan fingerprint density at radius 3 is 2.45 bits per heavy atom. The van der Waals surface area contributed by atoms with Gasteiger partial charge in [-0.25, -0.2) is 0 Å². The summed E-state index contributed by atoms with van der Waals surface area (Å²) >= 11 is 1.57. The summed E-state index contributed by atoms with van der Waals surface area (Å²) in [5.41, 5.74) is 0.543. The lowest BCUT2D eigenvalue weighted by molar-refractivity contribution is -0.132. The van der Waals surface area contributed by atoms with Gasteiger partial charge in [-0.3, -0.25) is 14.5 Å². The van der Waals surface area contributed by atoms with Gasteiger partial charge < -0.3 is 20.8 Å². The largest absolute Gasteiger partial charge is 0.508 e. The van der Waals surface area contributed by atoms with Gasteiger partial charge in [-0.05, 0) is 76.6 Å². The summed E-state index contributed by atoms with van der Waals surface area (Å²) in [5, 5.41) is 28.0. The molecule has 0 aromatic heterocycles. The summed E-state index contributed by atoms with van der Waals surface area (Å²) in [6.07, 6.45) is 4.67. The summed E-state index contributed by atoms with van der Waals surface area (Å²) in [7, 11) is 0. The SMILES string of the molecule is Cc1c(O)cccc1C(=O)NC(CSc1ccccc1)C(O)CN1C[C@H]2CCCC[C@@H]2CC1C(=O)NC(C)(C)C. The number of benzene rings is 2. The van der Waals surface area contributed by atoms with Crippen molar-refractivity contribution in [1.29, 1.82) is 0 Å². The van der Waals surface area contributed by atoms with Crippen LogP contribution in [0.4, 0.5) is 0 Å². The molecule has 1 saturated heterocycles. The number of nitrogens with one attached hydrogen (secondary N) is 2. The highest BCUT2D eigenvalue weighted by Crippen LogP contribution is 2.39. The van der Waals surface area contributed by atoms with E-state index in [1.54, 1.807) is 36.9 Å². The molecule has 7 nitrogen and oxygen atoms in total. The number of nitrogens with zero attached hydrogens (tertiary/aromatic N) is 1. The Bertz CT molecular complexity index is 1150. The van der Waals surface area contributed by atoms with E-state index in [0.29, 0.717) is 35.3 Å². The topological polar surface area (TPSA) is 102 Å². The number of carbonyl (C=O) groups excluding carboxylic acids is 2. The second-order valence-electron chi connectivity index (χ2n) is 12.5. The Kier molecular flexibility index (Phi) is 10.2. The van der Waals surface area contributed by atoms with Crippen LogP contribution in [0.2, 0.25) is 0 Å². The van der Waals surface area contributed by atoms with Crippen molar-refractivity contribution in [1.82, 2.24) is 15.5 Å². The van der Waals surface area contributed by atoms with E-state index in [4.69, 9.17) is 0 Å². The number of carbonyl (C=O) groups is 2. The number of hydrogen-bond donors (Lipinski definition) is 4. The maximum absolute atomic E-state index is 13.5. The van der Waals surface area contributed by atoms with Crippen LogP contribution in [0.5, 0.6) is 5.75 Å². The molecule has 1 heterocycles. The van der Waals surface area contributed by atoms with Crippen molar-refractivity contribution in [2.24, 2.45) is 11.8 Å². The predicted octanol–water partition coefficient (Wildman–Crippen LogP) is 4.75. The number of thioether (sulfide) groups is 1. The van der Waals surface area contributed by atoms with Crippen molar-refractivity contribution in [2.45, 2.75) is 88.4 Å². The molecule has 0 bridgehead atoms. The number of phenolic OH excluding ortho intramolecular Hbond substituents is 1. The number of rotatable bonds is 9. The highest BCUT2D eigenvalue weighted by molar-refractivity contribution is 7.99. The smallest absolute Gasteiger partial charge is 0.252 e. The number of fused-ring (bicyclic) bond motifs is 1. The zero-order chi connectivity index (χ0) is 28.9. The molecule has 218 valence electrons. The molecule has 2 aromatic rings. The molecule has 5 atom stereocenters. The summed E-state index contributed by atoms with van der Waals surface area (Å²) in [4.78, 5) is 30.0. The molecule has 2 aromatic carbocycles. The van der Waals surface area contributed by atoms with E-state index in [1.807, 2.05) is 51.1 Å². The van der Waals surface area contributed by atoms with Gasteiger partial charge in [-0.15, -0.1) is 11.8 Å². The maximum Gasteiger partial charge on any atom is 0.252 e. The quantitative estimate of drug-likeness (QED) is 0.327. The molecule has 4 rings (SSSR count). The minimum atomic E-state index is -0.886. The van der Waals surface area contributed by atoms with Crippen LogP contribution in [0.25, 0.3) is 0 Å². The molecule has 4 N–H and O–H groups in total. The summed E-state index contributed by atoms with van der Waals surface area (Å²) in [6.45, 7) is 8.76. The van der Waals surface area contributed by atoms with Gasteiger partial charge in [-0.2, -0.15) is 0 Å². The van der Waals surface area contributed by atoms with Crippen molar-refractivity contribution in [3.8, 4) is 5.75 Å². The zero-order valence-electron chi connectivity index (χ0n) is 24.2. The fourth-order valence-electron chi connectivity index (χ4n) is 6.06. The van der Waals surface area contributed by atoms with Gasteiger partial charge >= 0.3 is 0 Å². The van der Waals surface area contributed by atoms with Crippen LogP contribution < -0.4 is 10.6 Å². The first-order chi connectivity index (χ1) is 19.0. The van der Waals surface area contributed by atoms with Crippen LogP contribution >= 0.6 is 11.8 Å². The summed E-state index contributed by atoms with van der Waals surface area (Å²) in [5.74, 6) is 1.27. The third-order valence-corrected chi connectivity index (χ3v) is 9.36. The monoisotopic (exact) mass is 567 g/mol. The number of piperidine rings is 1. The van der Waals surface area contributed by atoms with Crippen LogP contribution in [0.1, 0.15) is 68.8 Å². The van der Waals surface area contributed by atoms with E-state index in [2.05, 4.69) is 15.5 Å². The van der Waals surface area contributed by atoms with Crippen LogP contribution in [-0.2, 0) is 4.79 Å². The van der Waals surface area contributed by atoms with Crippen molar-refractivity contribution >= 4 is 23.6 Å². The number of aromatic hydroxyl groups is 1. The minimum absolute atomic E-state index is 0.0124. The molecule has 1 aliphatic carbocycles. The van der Waals surface area contributed by atoms with E-state index in [-0.39, 0.29) is 29.1 Å². The highest BCUT2D eigenvalue weighted by atomic mass is 32.2. The van der Waals surface area contributed by atoms with Gasteiger partial charge in [0.25, 0.3) is 5.91 Å². The second-order valence-corrected chi connectivity index (χ2v) is 13.6. The van der Waals surface area contributed by atoms with E-state index in [1.165, 1.54) is 12.8 Å². The molecule has 1 aliphatic heterocycles. The molecule has 40 heavy (non-hydrogen) atoms. The number of hydrogen-bond acceptors (Lipinski definition) is 6. The van der Waals surface area contributed by atoms with Gasteiger partial charge in [0.05, 0.1) is 18.2 Å². The molecule has 8 heteroatoms. The second kappa shape index (κ2) is 13.4.